The van der Waals surface area contributed by atoms with Crippen molar-refractivity contribution in [1.29, 1.82) is 0 Å². The Labute approximate surface area is 150 Å². The molecule has 7 nitrogen and oxygen atoms in total. The lowest BCUT2D eigenvalue weighted by Crippen LogP contribution is -2.12. The maximum Gasteiger partial charge on any atom is 0.269 e. The number of hydrogen-bond acceptors (Lipinski definition) is 4. The highest BCUT2D eigenvalue weighted by Crippen LogP contribution is 2.20. The van der Waals surface area contributed by atoms with Crippen LogP contribution < -0.4 is 10.6 Å². The molecule has 0 saturated heterocycles. The number of nitro groups is 1. The molecule has 0 unspecified atom stereocenters. The smallest absolute Gasteiger partial charge is 0.269 e. The van der Waals surface area contributed by atoms with Crippen LogP contribution in [0.3, 0.4) is 0 Å². The third kappa shape index (κ3) is 5.27. The number of anilines is 2. The molecule has 7 heteroatoms. The molecule has 0 saturated carbocycles. The van der Waals surface area contributed by atoms with E-state index in [1.165, 1.54) is 18.2 Å². The Morgan fingerprint density at radius 1 is 1.12 bits per heavy atom. The van der Waals surface area contributed by atoms with Gasteiger partial charge in [-0.1, -0.05) is 13.0 Å². The van der Waals surface area contributed by atoms with Gasteiger partial charge in [-0.05, 0) is 48.4 Å². The lowest BCUT2D eigenvalue weighted by molar-refractivity contribution is -0.384. The molecule has 0 aliphatic heterocycles. The van der Waals surface area contributed by atoms with Crippen molar-refractivity contribution in [3.8, 4) is 0 Å². The highest BCUT2D eigenvalue weighted by Gasteiger charge is 2.06. The van der Waals surface area contributed by atoms with E-state index in [9.17, 15) is 19.7 Å². The summed E-state index contributed by atoms with van der Waals surface area (Å²) < 4.78 is 0. The molecule has 134 valence electrons. The summed E-state index contributed by atoms with van der Waals surface area (Å²) >= 11 is 0. The number of nitrogens with zero attached hydrogens (tertiary/aromatic N) is 1. The van der Waals surface area contributed by atoms with E-state index >= 15 is 0 Å². The molecule has 2 rings (SSSR count). The van der Waals surface area contributed by atoms with Crippen molar-refractivity contribution < 1.29 is 14.5 Å². The van der Waals surface area contributed by atoms with Gasteiger partial charge in [0.05, 0.1) is 4.92 Å². The fraction of sp³-hybridized carbons (Fsp3) is 0.158. The Kier molecular flexibility index (Phi) is 6.21. The van der Waals surface area contributed by atoms with Crippen LogP contribution in [0.15, 0.2) is 48.5 Å². The van der Waals surface area contributed by atoms with Gasteiger partial charge >= 0.3 is 0 Å². The number of nitrogens with one attached hydrogen (secondary N) is 2. The molecular weight excluding hydrogens is 334 g/mol. The van der Waals surface area contributed by atoms with Crippen molar-refractivity contribution in [3.05, 3.63) is 69.8 Å². The third-order valence-corrected chi connectivity index (χ3v) is 3.63. The van der Waals surface area contributed by atoms with Crippen molar-refractivity contribution in [3.63, 3.8) is 0 Å². The van der Waals surface area contributed by atoms with E-state index in [0.717, 1.165) is 5.56 Å². The van der Waals surface area contributed by atoms with Gasteiger partial charge in [-0.2, -0.15) is 0 Å². The zero-order chi connectivity index (χ0) is 19.1. The van der Waals surface area contributed by atoms with Gasteiger partial charge in [0.15, 0.2) is 0 Å². The molecule has 0 heterocycles. The Morgan fingerprint density at radius 3 is 2.42 bits per heavy atom. The Morgan fingerprint density at radius 2 is 1.81 bits per heavy atom. The van der Waals surface area contributed by atoms with Gasteiger partial charge in [0.2, 0.25) is 11.8 Å². The van der Waals surface area contributed by atoms with Crippen LogP contribution >= 0.6 is 0 Å². The largest absolute Gasteiger partial charge is 0.326 e. The minimum atomic E-state index is -0.480. The summed E-state index contributed by atoms with van der Waals surface area (Å²) in [7, 11) is 0. The molecule has 2 N–H and O–H groups in total. The van der Waals surface area contributed by atoms with Crippen LogP contribution in [0.5, 0.6) is 0 Å². The van der Waals surface area contributed by atoms with Gasteiger partial charge in [0.25, 0.3) is 5.69 Å². The van der Waals surface area contributed by atoms with Crippen LogP contribution in [0.1, 0.15) is 24.5 Å². The van der Waals surface area contributed by atoms with Crippen LogP contribution in [-0.4, -0.2) is 16.7 Å². The summed E-state index contributed by atoms with van der Waals surface area (Å²) in [6, 6.07) is 11.1. The molecule has 0 fully saturated rings. The quantitative estimate of drug-likeness (QED) is 0.467. The first-order valence-corrected chi connectivity index (χ1v) is 8.03. The normalized spacial score (nSPS) is 10.5. The standard InChI is InChI=1S/C19H19N3O4/c1-3-18(23)21-17-12-15(8-4-13(17)2)20-19(24)11-7-14-5-9-16(10-6-14)22(25)26/h4-12H,3H2,1-2H3,(H,20,24)(H,21,23)/b11-7+. The number of nitro benzene ring substituents is 1. The number of aryl methyl sites for hydroxylation is 1. The summed E-state index contributed by atoms with van der Waals surface area (Å²) in [5.41, 5.74) is 2.76. The van der Waals surface area contributed by atoms with Crippen molar-refractivity contribution in [2.75, 3.05) is 10.6 Å². The summed E-state index contributed by atoms with van der Waals surface area (Å²) in [6.45, 7) is 3.63. The Balaban J connectivity index is 2.04. The number of rotatable bonds is 6. The third-order valence-electron chi connectivity index (χ3n) is 3.63. The first kappa shape index (κ1) is 18.9. The predicted octanol–water partition coefficient (Wildman–Crippen LogP) is 3.90. The molecule has 0 bridgehead atoms. The lowest BCUT2D eigenvalue weighted by Gasteiger charge is -2.10. The molecule has 0 spiro atoms. The minimum Gasteiger partial charge on any atom is -0.326 e. The van der Waals surface area contributed by atoms with E-state index in [0.29, 0.717) is 23.4 Å². The Bertz CT molecular complexity index is 858. The summed E-state index contributed by atoms with van der Waals surface area (Å²) in [5, 5.41) is 16.1. The highest BCUT2D eigenvalue weighted by molar-refractivity contribution is 6.02. The first-order chi connectivity index (χ1) is 12.4. The molecule has 0 aliphatic rings. The maximum absolute atomic E-state index is 12.0. The summed E-state index contributed by atoms with van der Waals surface area (Å²) in [6.07, 6.45) is 3.27. The minimum absolute atomic E-state index is 0.00656. The molecule has 0 radical (unpaired) electrons. The van der Waals surface area contributed by atoms with E-state index in [1.54, 1.807) is 43.3 Å². The molecule has 2 aromatic rings. The second-order valence-corrected chi connectivity index (χ2v) is 5.60. The first-order valence-electron chi connectivity index (χ1n) is 8.03. The van der Waals surface area contributed by atoms with E-state index < -0.39 is 4.92 Å². The van der Waals surface area contributed by atoms with Crippen molar-refractivity contribution in [1.82, 2.24) is 0 Å². The summed E-state index contributed by atoms with van der Waals surface area (Å²) in [5.74, 6) is -0.449. The number of amides is 2. The zero-order valence-electron chi connectivity index (χ0n) is 14.5. The van der Waals surface area contributed by atoms with Gasteiger partial charge in [-0.3, -0.25) is 19.7 Å². The van der Waals surface area contributed by atoms with Crippen LogP contribution in [0.25, 0.3) is 6.08 Å². The van der Waals surface area contributed by atoms with Crippen molar-refractivity contribution in [2.24, 2.45) is 0 Å². The van der Waals surface area contributed by atoms with E-state index in [4.69, 9.17) is 0 Å². The molecule has 2 amide bonds. The van der Waals surface area contributed by atoms with Crippen LogP contribution in [0.2, 0.25) is 0 Å². The SMILES string of the molecule is CCC(=O)Nc1cc(NC(=O)/C=C/c2ccc([N+](=O)[O-])cc2)ccc1C. The highest BCUT2D eigenvalue weighted by atomic mass is 16.6. The molecule has 0 aromatic heterocycles. The van der Waals surface area contributed by atoms with Gasteiger partial charge in [0.1, 0.15) is 0 Å². The molecule has 26 heavy (non-hydrogen) atoms. The fourth-order valence-electron chi connectivity index (χ4n) is 2.14. The molecular formula is C19H19N3O4. The maximum atomic E-state index is 12.0. The average Bonchev–Trinajstić information content (AvgIpc) is 2.63. The number of benzene rings is 2. The summed E-state index contributed by atoms with van der Waals surface area (Å²) in [4.78, 5) is 33.7. The Hall–Kier alpha value is -3.48. The monoisotopic (exact) mass is 353 g/mol. The predicted molar refractivity (Wildman–Crippen MR) is 101 cm³/mol. The topological polar surface area (TPSA) is 101 Å². The van der Waals surface area contributed by atoms with Gasteiger partial charge in [-0.25, -0.2) is 0 Å². The van der Waals surface area contributed by atoms with E-state index in [-0.39, 0.29) is 17.5 Å². The van der Waals surface area contributed by atoms with Crippen LogP contribution in [0.4, 0.5) is 17.1 Å². The van der Waals surface area contributed by atoms with Crippen LogP contribution in [-0.2, 0) is 9.59 Å². The number of non-ortho nitro benzene ring substituents is 1. The number of hydrogen-bond donors (Lipinski definition) is 2. The lowest BCUT2D eigenvalue weighted by atomic mass is 10.1. The molecule has 0 aliphatic carbocycles. The van der Waals surface area contributed by atoms with E-state index in [2.05, 4.69) is 10.6 Å². The van der Waals surface area contributed by atoms with Gasteiger partial charge in [-0.15, -0.1) is 0 Å². The van der Waals surface area contributed by atoms with E-state index in [1.807, 2.05) is 6.92 Å². The van der Waals surface area contributed by atoms with Crippen LogP contribution in [0, 0.1) is 17.0 Å². The second kappa shape index (κ2) is 8.57. The van der Waals surface area contributed by atoms with Crippen molar-refractivity contribution >= 4 is 35.0 Å². The average molecular weight is 353 g/mol. The van der Waals surface area contributed by atoms with Crippen molar-refractivity contribution in [2.45, 2.75) is 20.3 Å². The molecule has 2 aromatic carbocycles. The van der Waals surface area contributed by atoms with Gasteiger partial charge < -0.3 is 10.6 Å². The second-order valence-electron chi connectivity index (χ2n) is 5.60. The zero-order valence-corrected chi connectivity index (χ0v) is 14.5. The molecule has 0 atom stereocenters. The van der Waals surface area contributed by atoms with Gasteiger partial charge in [0, 0.05) is 36.0 Å². The number of carbonyl (C=O) groups is 2. The number of carbonyl (C=O) groups excluding carboxylic acids is 2. The fourth-order valence-corrected chi connectivity index (χ4v) is 2.14.